The monoisotopic (exact) mass is 258 g/mol. The first kappa shape index (κ1) is 13.0. The highest BCUT2D eigenvalue weighted by Crippen LogP contribution is 2.19. The Morgan fingerprint density at radius 2 is 1.89 bits per heavy atom. The Balaban J connectivity index is 2.46. The maximum atomic E-state index is 11.4. The number of H-pyrrole nitrogens is 1. The molecule has 0 bridgehead atoms. The van der Waals surface area contributed by atoms with Gasteiger partial charge in [0.25, 0.3) is 5.56 Å². The van der Waals surface area contributed by atoms with Crippen LogP contribution in [0.3, 0.4) is 0 Å². The summed E-state index contributed by atoms with van der Waals surface area (Å²) in [6.07, 6.45) is 0. The summed E-state index contributed by atoms with van der Waals surface area (Å²) < 4.78 is 0. The normalized spacial score (nSPS) is 10.7. The van der Waals surface area contributed by atoms with E-state index in [4.69, 9.17) is 5.11 Å². The van der Waals surface area contributed by atoms with Gasteiger partial charge in [-0.1, -0.05) is 38.1 Å². The average molecular weight is 258 g/mol. The number of nitrogens with zero attached hydrogens (tertiary/aromatic N) is 1. The molecule has 0 aliphatic carbocycles. The van der Waals surface area contributed by atoms with Crippen molar-refractivity contribution in [3.05, 3.63) is 51.9 Å². The fraction of sp³-hybridized carbons (Fsp3) is 0.214. The van der Waals surface area contributed by atoms with Crippen molar-refractivity contribution in [1.29, 1.82) is 0 Å². The van der Waals surface area contributed by atoms with Gasteiger partial charge in [0.15, 0.2) is 5.69 Å². The minimum atomic E-state index is -1.22. The molecule has 5 heteroatoms. The molecule has 2 N–H and O–H groups in total. The van der Waals surface area contributed by atoms with Gasteiger partial charge in [0, 0.05) is 11.6 Å². The predicted octanol–water partition coefficient (Wildman–Crippen LogP) is 2.26. The third-order valence-electron chi connectivity index (χ3n) is 2.81. The number of aromatic nitrogens is 2. The van der Waals surface area contributed by atoms with Crippen molar-refractivity contribution in [1.82, 2.24) is 9.97 Å². The molecule has 1 aromatic heterocycles. The number of hydrogen-bond acceptors (Lipinski definition) is 3. The summed E-state index contributed by atoms with van der Waals surface area (Å²) in [4.78, 5) is 28.7. The molecule has 0 unspecified atom stereocenters. The molecule has 1 aromatic carbocycles. The van der Waals surface area contributed by atoms with Gasteiger partial charge in [-0.25, -0.2) is 9.78 Å². The molecule has 0 aliphatic rings. The molecule has 0 fully saturated rings. The van der Waals surface area contributed by atoms with Crippen LogP contribution in [-0.4, -0.2) is 21.0 Å². The Bertz CT molecular complexity index is 657. The number of carbonyl (C=O) groups is 1. The van der Waals surface area contributed by atoms with E-state index in [9.17, 15) is 9.59 Å². The van der Waals surface area contributed by atoms with Crippen molar-refractivity contribution in [3.63, 3.8) is 0 Å². The maximum Gasteiger partial charge on any atom is 0.354 e. The lowest BCUT2D eigenvalue weighted by molar-refractivity contribution is 0.0690. The Morgan fingerprint density at radius 3 is 2.42 bits per heavy atom. The average Bonchev–Trinajstić information content (AvgIpc) is 2.38. The van der Waals surface area contributed by atoms with E-state index in [2.05, 4.69) is 23.8 Å². The molecular weight excluding hydrogens is 244 g/mol. The molecule has 98 valence electrons. The molecule has 0 spiro atoms. The quantitative estimate of drug-likeness (QED) is 0.884. The van der Waals surface area contributed by atoms with E-state index in [-0.39, 0.29) is 11.5 Å². The van der Waals surface area contributed by atoms with Crippen molar-refractivity contribution < 1.29 is 9.90 Å². The van der Waals surface area contributed by atoms with Gasteiger partial charge >= 0.3 is 5.97 Å². The number of benzene rings is 1. The van der Waals surface area contributed by atoms with Crippen molar-refractivity contribution >= 4 is 5.97 Å². The Morgan fingerprint density at radius 1 is 1.26 bits per heavy atom. The maximum absolute atomic E-state index is 11.4. The second-order valence-electron chi connectivity index (χ2n) is 4.56. The molecule has 0 atom stereocenters. The van der Waals surface area contributed by atoms with Crippen LogP contribution >= 0.6 is 0 Å². The second kappa shape index (κ2) is 5.06. The van der Waals surface area contributed by atoms with Crippen molar-refractivity contribution in [2.45, 2.75) is 19.8 Å². The molecule has 1 heterocycles. The third-order valence-corrected chi connectivity index (χ3v) is 2.81. The fourth-order valence-corrected chi connectivity index (χ4v) is 1.73. The summed E-state index contributed by atoms with van der Waals surface area (Å²) in [5, 5.41) is 8.88. The number of carboxylic acid groups (broad SMARTS) is 1. The molecule has 0 saturated carbocycles. The van der Waals surface area contributed by atoms with Gasteiger partial charge in [-0.2, -0.15) is 0 Å². The van der Waals surface area contributed by atoms with Gasteiger partial charge in [-0.3, -0.25) is 4.79 Å². The standard InChI is InChI=1S/C14H14N2O3/c1-8(2)9-3-5-10(6-4-9)13-15-11(14(18)19)7-12(17)16-13/h3-8H,1-2H3,(H,18,19)(H,15,16,17). The van der Waals surface area contributed by atoms with Crippen LogP contribution in [0.4, 0.5) is 0 Å². The van der Waals surface area contributed by atoms with E-state index >= 15 is 0 Å². The van der Waals surface area contributed by atoms with E-state index < -0.39 is 11.5 Å². The van der Waals surface area contributed by atoms with Crippen LogP contribution < -0.4 is 5.56 Å². The first-order valence-electron chi connectivity index (χ1n) is 5.92. The third kappa shape index (κ3) is 2.88. The van der Waals surface area contributed by atoms with E-state index in [1.54, 1.807) is 0 Å². The summed E-state index contributed by atoms with van der Waals surface area (Å²) in [5.74, 6) is -0.544. The first-order valence-corrected chi connectivity index (χ1v) is 5.92. The second-order valence-corrected chi connectivity index (χ2v) is 4.56. The van der Waals surface area contributed by atoms with E-state index in [1.165, 1.54) is 5.56 Å². The summed E-state index contributed by atoms with van der Waals surface area (Å²) in [6.45, 7) is 4.17. The molecule has 0 saturated heterocycles. The molecule has 19 heavy (non-hydrogen) atoms. The number of aromatic carboxylic acids is 1. The highest BCUT2D eigenvalue weighted by molar-refractivity contribution is 5.85. The van der Waals surface area contributed by atoms with Crippen LogP contribution in [0.15, 0.2) is 35.1 Å². The van der Waals surface area contributed by atoms with Crippen LogP contribution in [0.25, 0.3) is 11.4 Å². The summed E-state index contributed by atoms with van der Waals surface area (Å²) in [7, 11) is 0. The van der Waals surface area contributed by atoms with E-state index in [1.807, 2.05) is 24.3 Å². The zero-order valence-corrected chi connectivity index (χ0v) is 10.7. The minimum absolute atomic E-state index is 0.258. The van der Waals surface area contributed by atoms with Crippen LogP contribution in [0.2, 0.25) is 0 Å². The number of aromatic amines is 1. The molecule has 0 aliphatic heterocycles. The van der Waals surface area contributed by atoms with Gasteiger partial charge in [0.2, 0.25) is 0 Å². The van der Waals surface area contributed by atoms with Crippen LogP contribution in [0.5, 0.6) is 0 Å². The molecular formula is C14H14N2O3. The summed E-state index contributed by atoms with van der Waals surface area (Å²) in [5.41, 5.74) is 1.12. The lowest BCUT2D eigenvalue weighted by atomic mass is 10.0. The summed E-state index contributed by atoms with van der Waals surface area (Å²) in [6, 6.07) is 8.48. The first-order chi connectivity index (χ1) is 8.97. The fourth-order valence-electron chi connectivity index (χ4n) is 1.73. The number of nitrogens with one attached hydrogen (secondary N) is 1. The predicted molar refractivity (Wildman–Crippen MR) is 71.3 cm³/mol. The number of hydrogen-bond donors (Lipinski definition) is 2. The molecule has 2 aromatic rings. The van der Waals surface area contributed by atoms with Crippen molar-refractivity contribution in [3.8, 4) is 11.4 Å². The largest absolute Gasteiger partial charge is 0.477 e. The van der Waals surface area contributed by atoms with Gasteiger partial charge in [-0.05, 0) is 11.5 Å². The molecule has 0 radical (unpaired) electrons. The Labute approximate surface area is 110 Å². The van der Waals surface area contributed by atoms with Crippen molar-refractivity contribution in [2.24, 2.45) is 0 Å². The van der Waals surface area contributed by atoms with Crippen LogP contribution in [0, 0.1) is 0 Å². The Hall–Kier alpha value is -2.43. The molecule has 5 nitrogen and oxygen atoms in total. The van der Waals surface area contributed by atoms with Gasteiger partial charge < -0.3 is 10.1 Å². The van der Waals surface area contributed by atoms with Gasteiger partial charge in [0.05, 0.1) is 0 Å². The molecule has 0 amide bonds. The van der Waals surface area contributed by atoms with Gasteiger partial charge in [0.1, 0.15) is 5.82 Å². The smallest absolute Gasteiger partial charge is 0.354 e. The lowest BCUT2D eigenvalue weighted by Crippen LogP contribution is -2.13. The topological polar surface area (TPSA) is 83.0 Å². The van der Waals surface area contributed by atoms with Crippen LogP contribution in [-0.2, 0) is 0 Å². The minimum Gasteiger partial charge on any atom is -0.477 e. The molecule has 2 rings (SSSR count). The number of rotatable bonds is 3. The number of carboxylic acids is 1. The summed E-state index contributed by atoms with van der Waals surface area (Å²) >= 11 is 0. The lowest BCUT2D eigenvalue weighted by Gasteiger charge is -2.06. The van der Waals surface area contributed by atoms with Gasteiger partial charge in [-0.15, -0.1) is 0 Å². The van der Waals surface area contributed by atoms with E-state index in [0.717, 1.165) is 6.07 Å². The highest BCUT2D eigenvalue weighted by Gasteiger charge is 2.09. The SMILES string of the molecule is CC(C)c1ccc(-c2nc(C(=O)O)cc(=O)[nH]2)cc1. The van der Waals surface area contributed by atoms with E-state index in [0.29, 0.717) is 11.5 Å². The zero-order chi connectivity index (χ0) is 14.0. The van der Waals surface area contributed by atoms with Crippen molar-refractivity contribution in [2.75, 3.05) is 0 Å². The zero-order valence-electron chi connectivity index (χ0n) is 10.7. The Kier molecular flexibility index (Phi) is 3.46. The van der Waals surface area contributed by atoms with Crippen LogP contribution in [0.1, 0.15) is 35.8 Å². The highest BCUT2D eigenvalue weighted by atomic mass is 16.4.